The molecule has 0 aliphatic heterocycles. The fraction of sp³-hybridized carbons (Fsp3) is 0.0204. The van der Waals surface area contributed by atoms with Gasteiger partial charge in [-0.1, -0.05) is 140 Å². The van der Waals surface area contributed by atoms with Crippen LogP contribution in [-0.2, 0) is 5.41 Å². The molecule has 0 saturated carbocycles. The summed E-state index contributed by atoms with van der Waals surface area (Å²) in [5.41, 5.74) is 22.1. The van der Waals surface area contributed by atoms with Crippen LogP contribution in [0.15, 0.2) is 170 Å². The van der Waals surface area contributed by atoms with E-state index < -0.39 is 5.41 Å². The van der Waals surface area contributed by atoms with Gasteiger partial charge in [0.25, 0.3) is 0 Å². The molecule has 0 unspecified atom stereocenters. The second-order valence-corrected chi connectivity index (χ2v) is 14.0. The first kappa shape index (κ1) is 27.2. The van der Waals surface area contributed by atoms with Crippen molar-refractivity contribution in [1.29, 1.82) is 0 Å². The van der Waals surface area contributed by atoms with E-state index in [1.807, 2.05) is 6.07 Å². The number of nitrogens with zero attached hydrogens (tertiary/aromatic N) is 2. The van der Waals surface area contributed by atoms with Crippen LogP contribution in [0.4, 0.5) is 0 Å². The van der Waals surface area contributed by atoms with Crippen molar-refractivity contribution in [2.45, 2.75) is 5.41 Å². The summed E-state index contributed by atoms with van der Waals surface area (Å²) in [5, 5.41) is 2.62. The molecule has 0 amide bonds. The van der Waals surface area contributed by atoms with E-state index in [0.29, 0.717) is 0 Å². The maximum Gasteiger partial charge on any atom is 0.0965 e. The molecule has 2 nitrogen and oxygen atoms in total. The zero-order valence-corrected chi connectivity index (χ0v) is 27.6. The third-order valence-corrected chi connectivity index (χ3v) is 11.7. The van der Waals surface area contributed by atoms with Gasteiger partial charge in [-0.25, -0.2) is 0 Å². The van der Waals surface area contributed by atoms with Gasteiger partial charge in [-0.3, -0.25) is 9.97 Å². The topological polar surface area (TPSA) is 25.8 Å². The number of benzene rings is 8. The van der Waals surface area contributed by atoms with E-state index in [2.05, 4.69) is 157 Å². The van der Waals surface area contributed by atoms with Crippen molar-refractivity contribution in [2.24, 2.45) is 0 Å². The highest BCUT2D eigenvalue weighted by molar-refractivity contribution is 6.21. The predicted molar refractivity (Wildman–Crippen MR) is 209 cm³/mol. The van der Waals surface area contributed by atoms with Crippen LogP contribution in [0.2, 0.25) is 0 Å². The van der Waals surface area contributed by atoms with Crippen LogP contribution >= 0.6 is 0 Å². The molecule has 234 valence electrons. The van der Waals surface area contributed by atoms with Crippen LogP contribution in [0.3, 0.4) is 0 Å². The normalized spacial score (nSPS) is 13.6. The van der Waals surface area contributed by atoms with Gasteiger partial charge in [0, 0.05) is 18.0 Å². The van der Waals surface area contributed by atoms with Crippen molar-refractivity contribution >= 4 is 21.8 Å². The summed E-state index contributed by atoms with van der Waals surface area (Å²) < 4.78 is 0. The van der Waals surface area contributed by atoms with Gasteiger partial charge >= 0.3 is 0 Å². The van der Waals surface area contributed by atoms with E-state index >= 15 is 0 Å². The van der Waals surface area contributed by atoms with Crippen molar-refractivity contribution < 1.29 is 0 Å². The number of hydrogen-bond donors (Lipinski definition) is 0. The van der Waals surface area contributed by atoms with Gasteiger partial charge in [-0.2, -0.15) is 0 Å². The molecule has 0 N–H and O–H groups in total. The molecule has 51 heavy (non-hydrogen) atoms. The highest BCUT2D eigenvalue weighted by Crippen LogP contribution is 2.67. The minimum Gasteiger partial charge on any atom is -0.253 e. The molecule has 1 spiro atoms. The van der Waals surface area contributed by atoms with Gasteiger partial charge in [-0.05, 0) is 112 Å². The Hall–Kier alpha value is -6.64. The molecular formula is C49H28N2. The van der Waals surface area contributed by atoms with E-state index in [4.69, 9.17) is 4.98 Å². The Morgan fingerprint density at radius 2 is 0.941 bits per heavy atom. The molecule has 8 aromatic carbocycles. The van der Waals surface area contributed by atoms with E-state index in [-0.39, 0.29) is 0 Å². The molecule has 0 fully saturated rings. The summed E-state index contributed by atoms with van der Waals surface area (Å²) in [6.45, 7) is 0. The fourth-order valence-corrected chi connectivity index (χ4v) is 9.87. The fourth-order valence-electron chi connectivity index (χ4n) is 9.87. The number of rotatable bonds is 2. The van der Waals surface area contributed by atoms with E-state index in [9.17, 15) is 0 Å². The Balaban J connectivity index is 1.26. The van der Waals surface area contributed by atoms with Gasteiger partial charge in [-0.15, -0.1) is 0 Å². The minimum absolute atomic E-state index is 0.436. The number of fused-ring (bicyclic) bond motifs is 14. The number of para-hydroxylation sites is 1. The first-order valence-corrected chi connectivity index (χ1v) is 17.7. The molecule has 0 atom stereocenters. The zero-order valence-electron chi connectivity index (χ0n) is 27.6. The molecule has 9 aromatic rings. The first-order valence-electron chi connectivity index (χ1n) is 17.7. The van der Waals surface area contributed by atoms with Crippen molar-refractivity contribution in [3.8, 4) is 66.8 Å². The van der Waals surface area contributed by atoms with E-state index in [0.717, 1.165) is 22.2 Å². The summed E-state index contributed by atoms with van der Waals surface area (Å²) in [4.78, 5) is 9.41. The average Bonchev–Trinajstić information content (AvgIpc) is 3.80. The average molecular weight is 645 g/mol. The van der Waals surface area contributed by atoms with Crippen LogP contribution in [0.25, 0.3) is 88.6 Å². The maximum atomic E-state index is 4.79. The Bertz CT molecular complexity index is 2930. The molecule has 2 heteroatoms. The quantitative estimate of drug-likeness (QED) is 0.187. The summed E-state index contributed by atoms with van der Waals surface area (Å²) >= 11 is 0. The van der Waals surface area contributed by atoms with Crippen molar-refractivity contribution in [2.75, 3.05) is 0 Å². The van der Waals surface area contributed by atoms with Crippen LogP contribution < -0.4 is 0 Å². The Labute approximate surface area is 295 Å². The standard InChI is InChI=1S/C49H28N2/c1-4-21-39-33(15-1)34-16-2-5-22-40(34)49(39)41-23-6-3-17-36(41)47-42(49)28-38-35-19-8-11-29-12-9-20-37(44(29)35)46(38)45(47)31-14-7-13-30(27-31)32-18-10-24-43-48(32)51-26-25-50-43/h1-28H. The largest absolute Gasteiger partial charge is 0.253 e. The summed E-state index contributed by atoms with van der Waals surface area (Å²) in [5.74, 6) is 0. The summed E-state index contributed by atoms with van der Waals surface area (Å²) in [6, 6.07) is 58.9. The molecular weight excluding hydrogens is 617 g/mol. The number of hydrogen-bond acceptors (Lipinski definition) is 2. The van der Waals surface area contributed by atoms with Gasteiger partial charge in [0.2, 0.25) is 0 Å². The van der Waals surface area contributed by atoms with Gasteiger partial charge in [0.05, 0.1) is 16.4 Å². The van der Waals surface area contributed by atoms with Crippen LogP contribution in [0.5, 0.6) is 0 Å². The lowest BCUT2D eigenvalue weighted by atomic mass is 9.69. The lowest BCUT2D eigenvalue weighted by molar-refractivity contribution is 0.794. The van der Waals surface area contributed by atoms with Gasteiger partial charge in [0.15, 0.2) is 0 Å². The Morgan fingerprint density at radius 1 is 0.353 bits per heavy atom. The molecule has 0 bridgehead atoms. The lowest BCUT2D eigenvalue weighted by Gasteiger charge is -2.31. The highest BCUT2D eigenvalue weighted by Gasteiger charge is 2.53. The molecule has 3 aliphatic carbocycles. The summed E-state index contributed by atoms with van der Waals surface area (Å²) in [7, 11) is 0. The Morgan fingerprint density at radius 3 is 1.73 bits per heavy atom. The molecule has 12 rings (SSSR count). The van der Waals surface area contributed by atoms with Crippen molar-refractivity contribution in [3.63, 3.8) is 0 Å². The van der Waals surface area contributed by atoms with E-state index in [1.165, 1.54) is 88.7 Å². The van der Waals surface area contributed by atoms with Crippen molar-refractivity contribution in [1.82, 2.24) is 9.97 Å². The maximum absolute atomic E-state index is 4.79. The summed E-state index contributed by atoms with van der Waals surface area (Å²) in [6.07, 6.45) is 3.56. The third-order valence-electron chi connectivity index (χ3n) is 11.7. The van der Waals surface area contributed by atoms with Crippen molar-refractivity contribution in [3.05, 3.63) is 192 Å². The Kier molecular flexibility index (Phi) is 5.20. The number of aromatic nitrogens is 2. The molecule has 0 radical (unpaired) electrons. The molecule has 0 saturated heterocycles. The minimum atomic E-state index is -0.436. The molecule has 1 aromatic heterocycles. The molecule has 1 heterocycles. The van der Waals surface area contributed by atoms with Gasteiger partial charge in [0.1, 0.15) is 0 Å². The van der Waals surface area contributed by atoms with E-state index in [1.54, 1.807) is 12.4 Å². The molecule has 3 aliphatic rings. The second kappa shape index (κ2) is 9.74. The second-order valence-electron chi connectivity index (χ2n) is 14.0. The monoisotopic (exact) mass is 644 g/mol. The van der Waals surface area contributed by atoms with Crippen LogP contribution in [0.1, 0.15) is 22.3 Å². The lowest BCUT2D eigenvalue weighted by Crippen LogP contribution is -2.26. The SMILES string of the molecule is c1cc(-c2c3c(cc4c2-c2ccccc2C42c4ccccc4-c4ccccc42)-c2cccc4cccc-3c24)cc(-c2cccc3nccnc23)c1. The predicted octanol–water partition coefficient (Wildman–Crippen LogP) is 12.1. The highest BCUT2D eigenvalue weighted by atomic mass is 14.8. The smallest absolute Gasteiger partial charge is 0.0965 e. The third kappa shape index (κ3) is 3.32. The first-order chi connectivity index (χ1) is 25.3. The van der Waals surface area contributed by atoms with Gasteiger partial charge < -0.3 is 0 Å². The zero-order chi connectivity index (χ0) is 33.3. The van der Waals surface area contributed by atoms with Crippen LogP contribution in [-0.4, -0.2) is 9.97 Å². The van der Waals surface area contributed by atoms with Crippen LogP contribution in [0, 0.1) is 0 Å².